The van der Waals surface area contributed by atoms with Crippen molar-refractivity contribution in [2.24, 2.45) is 0 Å². The summed E-state index contributed by atoms with van der Waals surface area (Å²) < 4.78 is 0.475. The first-order valence-corrected chi connectivity index (χ1v) is 4.28. The molecule has 4 radical (unpaired) electrons. The second-order valence-electron chi connectivity index (χ2n) is 2.74. The van der Waals surface area contributed by atoms with Crippen molar-refractivity contribution in [3.05, 3.63) is 15.6 Å². The number of benzene rings is 1. The van der Waals surface area contributed by atoms with Crippen molar-refractivity contribution in [1.29, 1.82) is 0 Å². The van der Waals surface area contributed by atoms with E-state index in [1.807, 2.05) is 13.8 Å². The van der Waals surface area contributed by atoms with Crippen molar-refractivity contribution >= 4 is 42.5 Å². The minimum Gasteiger partial charge on any atom is -0.507 e. The summed E-state index contributed by atoms with van der Waals surface area (Å²) in [4.78, 5) is 0. The van der Waals surface area contributed by atoms with Gasteiger partial charge in [0.15, 0.2) is 0 Å². The molecule has 4 heteroatoms. The van der Waals surface area contributed by atoms with Gasteiger partial charge >= 0.3 is 0 Å². The average molecular weight is 221 g/mol. The Morgan fingerprint density at radius 2 is 1.50 bits per heavy atom. The lowest BCUT2D eigenvalue weighted by Crippen LogP contribution is -2.20. The largest absolute Gasteiger partial charge is 0.507 e. The fraction of sp³-hybridized carbons (Fsp3) is 0.250. The molecule has 0 aliphatic rings. The summed E-state index contributed by atoms with van der Waals surface area (Å²) in [5, 5.41) is 9.44. The van der Waals surface area contributed by atoms with Gasteiger partial charge in [0.05, 0.1) is 4.47 Å². The van der Waals surface area contributed by atoms with Gasteiger partial charge in [-0.2, -0.15) is 0 Å². The highest BCUT2D eigenvalue weighted by Gasteiger charge is 2.10. The van der Waals surface area contributed by atoms with Crippen molar-refractivity contribution in [1.82, 2.24) is 0 Å². The van der Waals surface area contributed by atoms with Gasteiger partial charge in [0.25, 0.3) is 0 Å². The van der Waals surface area contributed by atoms with Crippen LogP contribution in [0.3, 0.4) is 0 Å². The van der Waals surface area contributed by atoms with Gasteiger partial charge < -0.3 is 5.11 Å². The third-order valence-electron chi connectivity index (χ3n) is 2.07. The van der Waals surface area contributed by atoms with Crippen LogP contribution in [0, 0.1) is 13.8 Å². The fourth-order valence-electron chi connectivity index (χ4n) is 0.992. The van der Waals surface area contributed by atoms with Crippen LogP contribution in [-0.4, -0.2) is 20.8 Å². The van der Waals surface area contributed by atoms with Crippen LogP contribution in [0.2, 0.25) is 0 Å². The van der Waals surface area contributed by atoms with E-state index in [0.29, 0.717) is 15.4 Å². The van der Waals surface area contributed by atoms with Gasteiger partial charge in [0.1, 0.15) is 21.4 Å². The quantitative estimate of drug-likeness (QED) is 0.626. The minimum atomic E-state index is 0.0237. The lowest BCUT2D eigenvalue weighted by molar-refractivity contribution is 0.476. The number of halogens is 1. The summed E-state index contributed by atoms with van der Waals surface area (Å²) in [5.41, 5.74) is 2.65. The highest BCUT2D eigenvalue weighted by atomic mass is 79.9. The molecule has 1 N–H and O–H groups in total. The van der Waals surface area contributed by atoms with Crippen molar-refractivity contribution in [3.8, 4) is 5.75 Å². The van der Waals surface area contributed by atoms with E-state index in [-0.39, 0.29) is 5.75 Å². The van der Waals surface area contributed by atoms with E-state index < -0.39 is 0 Å². The number of rotatable bonds is 0. The van der Waals surface area contributed by atoms with E-state index in [9.17, 15) is 5.11 Å². The van der Waals surface area contributed by atoms with Gasteiger partial charge in [0.2, 0.25) is 0 Å². The Morgan fingerprint density at radius 3 is 2.00 bits per heavy atom. The number of phenolic OH excluding ortho intramolecular Hbond substituents is 1. The molecule has 0 bridgehead atoms. The SMILES string of the molecule is [B]c1c(C)c(C)c([B])c(Br)c1O. The molecular weight excluding hydrogens is 214 g/mol. The highest BCUT2D eigenvalue weighted by Crippen LogP contribution is 2.21. The van der Waals surface area contributed by atoms with Gasteiger partial charge in [-0.15, -0.1) is 0 Å². The maximum Gasteiger partial charge on any atom is 0.122 e. The minimum absolute atomic E-state index is 0.0237. The molecule has 0 aliphatic carbocycles. The molecule has 0 atom stereocenters. The molecule has 0 spiro atoms. The standard InChI is InChI=1S/C8H7B2BrO/c1-3-4(2)6(10)8(12)7(11)5(3)9/h12H,1-2H3. The number of hydrogen-bond acceptors (Lipinski definition) is 1. The molecule has 1 aromatic carbocycles. The molecule has 58 valence electrons. The van der Waals surface area contributed by atoms with Gasteiger partial charge in [-0.05, 0) is 29.8 Å². The monoisotopic (exact) mass is 220 g/mol. The Hall–Kier alpha value is -0.370. The van der Waals surface area contributed by atoms with Crippen molar-refractivity contribution in [2.75, 3.05) is 0 Å². The first-order chi connectivity index (χ1) is 5.46. The lowest BCUT2D eigenvalue weighted by atomic mass is 9.80. The van der Waals surface area contributed by atoms with Crippen LogP contribution < -0.4 is 10.9 Å². The molecule has 0 saturated heterocycles. The highest BCUT2D eigenvalue weighted by molar-refractivity contribution is 9.10. The Kier molecular flexibility index (Phi) is 2.57. The predicted octanol–water partition coefficient (Wildman–Crippen LogP) is 0.359. The molecule has 0 heterocycles. The average Bonchev–Trinajstić information content (AvgIpc) is 2.08. The Bertz CT molecular complexity index is 231. The van der Waals surface area contributed by atoms with E-state index >= 15 is 0 Å². The number of aromatic hydroxyl groups is 1. The van der Waals surface area contributed by atoms with Gasteiger partial charge in [-0.3, -0.25) is 0 Å². The van der Waals surface area contributed by atoms with Crippen LogP contribution in [-0.2, 0) is 0 Å². The van der Waals surface area contributed by atoms with E-state index in [4.69, 9.17) is 15.7 Å². The summed E-state index contributed by atoms with van der Waals surface area (Å²) in [7, 11) is 11.3. The molecule has 0 fully saturated rings. The molecule has 1 nitrogen and oxygen atoms in total. The zero-order valence-electron chi connectivity index (χ0n) is 6.98. The molecule has 0 unspecified atom stereocenters. The number of phenols is 1. The Balaban J connectivity index is 3.60. The van der Waals surface area contributed by atoms with Crippen molar-refractivity contribution in [2.45, 2.75) is 13.8 Å². The van der Waals surface area contributed by atoms with E-state index in [1.54, 1.807) is 0 Å². The Labute approximate surface area is 83.1 Å². The second-order valence-corrected chi connectivity index (χ2v) is 3.53. The van der Waals surface area contributed by atoms with Crippen LogP contribution in [0.5, 0.6) is 5.75 Å². The molecule has 1 aromatic rings. The summed E-state index contributed by atoms with van der Waals surface area (Å²) in [6, 6.07) is 0. The third-order valence-corrected chi connectivity index (χ3v) is 2.87. The van der Waals surface area contributed by atoms with E-state index in [0.717, 1.165) is 11.1 Å². The van der Waals surface area contributed by atoms with Crippen LogP contribution in [0.15, 0.2) is 4.47 Å². The van der Waals surface area contributed by atoms with Crippen molar-refractivity contribution < 1.29 is 5.11 Å². The van der Waals surface area contributed by atoms with E-state index in [1.165, 1.54) is 0 Å². The zero-order valence-corrected chi connectivity index (χ0v) is 8.57. The Morgan fingerprint density at radius 1 is 1.08 bits per heavy atom. The van der Waals surface area contributed by atoms with Gasteiger partial charge in [0, 0.05) is 0 Å². The zero-order chi connectivity index (χ0) is 9.46. The summed E-state index contributed by atoms with van der Waals surface area (Å²) in [5.74, 6) is 0.0237. The summed E-state index contributed by atoms with van der Waals surface area (Å²) in [6.45, 7) is 3.69. The molecule has 0 amide bonds. The van der Waals surface area contributed by atoms with Gasteiger partial charge in [-0.25, -0.2) is 0 Å². The summed E-state index contributed by atoms with van der Waals surface area (Å²) in [6.07, 6.45) is 0. The predicted molar refractivity (Wildman–Crippen MR) is 56.1 cm³/mol. The molecule has 0 aliphatic heterocycles. The first kappa shape index (κ1) is 9.72. The van der Waals surface area contributed by atoms with Crippen LogP contribution in [0.1, 0.15) is 11.1 Å². The normalized spacial score (nSPS) is 10.2. The molecule has 0 aromatic heterocycles. The topological polar surface area (TPSA) is 20.2 Å². The molecular formula is C8H7B2BrO. The molecule has 1 rings (SSSR count). The van der Waals surface area contributed by atoms with Crippen LogP contribution >= 0.6 is 15.9 Å². The lowest BCUT2D eigenvalue weighted by Gasteiger charge is -2.13. The maximum absolute atomic E-state index is 9.44. The van der Waals surface area contributed by atoms with Crippen molar-refractivity contribution in [3.63, 3.8) is 0 Å². The third kappa shape index (κ3) is 1.28. The second kappa shape index (κ2) is 3.17. The fourth-order valence-corrected chi connectivity index (χ4v) is 1.50. The summed E-state index contributed by atoms with van der Waals surface area (Å²) >= 11 is 3.16. The number of hydrogen-bond donors (Lipinski definition) is 1. The van der Waals surface area contributed by atoms with E-state index in [2.05, 4.69) is 15.9 Å². The smallest absolute Gasteiger partial charge is 0.122 e. The molecule has 0 saturated carbocycles. The molecule has 12 heavy (non-hydrogen) atoms. The maximum atomic E-state index is 9.44. The van der Waals surface area contributed by atoms with Crippen LogP contribution in [0.25, 0.3) is 0 Å². The van der Waals surface area contributed by atoms with Crippen LogP contribution in [0.4, 0.5) is 0 Å². The van der Waals surface area contributed by atoms with Gasteiger partial charge in [-0.1, -0.05) is 22.1 Å². The first-order valence-electron chi connectivity index (χ1n) is 3.49.